The molecule has 16 heavy (non-hydrogen) atoms. The SMILES string of the molecule is Cc1nn(C)c2n[nH]c(NC(=O)CN)c12.Cl. The molecule has 88 valence electrons. The van der Waals surface area contributed by atoms with Crippen molar-refractivity contribution in [1.29, 1.82) is 0 Å². The highest BCUT2D eigenvalue weighted by molar-refractivity contribution is 6.00. The van der Waals surface area contributed by atoms with Crippen LogP contribution >= 0.6 is 12.4 Å². The molecule has 0 aliphatic rings. The summed E-state index contributed by atoms with van der Waals surface area (Å²) < 4.78 is 1.65. The largest absolute Gasteiger partial charge is 0.322 e. The molecule has 0 radical (unpaired) electrons. The highest BCUT2D eigenvalue weighted by Crippen LogP contribution is 2.22. The first-order valence-electron chi connectivity index (χ1n) is 4.51. The number of anilines is 1. The van der Waals surface area contributed by atoms with Crippen molar-refractivity contribution in [2.45, 2.75) is 6.92 Å². The van der Waals surface area contributed by atoms with Crippen LogP contribution in [-0.4, -0.2) is 32.4 Å². The number of nitrogens with zero attached hydrogens (tertiary/aromatic N) is 3. The molecule has 1 amide bonds. The van der Waals surface area contributed by atoms with E-state index in [0.29, 0.717) is 11.5 Å². The number of hydrogen-bond acceptors (Lipinski definition) is 4. The van der Waals surface area contributed by atoms with Crippen LogP contribution in [0.2, 0.25) is 0 Å². The fraction of sp³-hybridized carbons (Fsp3) is 0.375. The molecule has 2 heterocycles. The van der Waals surface area contributed by atoms with E-state index in [9.17, 15) is 4.79 Å². The zero-order valence-electron chi connectivity index (χ0n) is 8.94. The van der Waals surface area contributed by atoms with Crippen LogP contribution in [0.4, 0.5) is 5.82 Å². The number of H-pyrrole nitrogens is 1. The predicted molar refractivity (Wildman–Crippen MR) is 62.5 cm³/mol. The van der Waals surface area contributed by atoms with Gasteiger partial charge in [0.1, 0.15) is 5.82 Å². The minimum absolute atomic E-state index is 0. The number of rotatable bonds is 2. The van der Waals surface area contributed by atoms with Gasteiger partial charge in [-0.2, -0.15) is 10.2 Å². The third kappa shape index (κ3) is 1.86. The van der Waals surface area contributed by atoms with Gasteiger partial charge >= 0.3 is 0 Å². The lowest BCUT2D eigenvalue weighted by Crippen LogP contribution is -2.22. The summed E-state index contributed by atoms with van der Waals surface area (Å²) in [5.74, 6) is 0.287. The molecule has 4 N–H and O–H groups in total. The Balaban J connectivity index is 0.00000128. The zero-order chi connectivity index (χ0) is 11.0. The van der Waals surface area contributed by atoms with Gasteiger partial charge in [-0.1, -0.05) is 0 Å². The summed E-state index contributed by atoms with van der Waals surface area (Å²) >= 11 is 0. The second kappa shape index (κ2) is 4.50. The fourth-order valence-corrected chi connectivity index (χ4v) is 1.51. The zero-order valence-corrected chi connectivity index (χ0v) is 9.76. The van der Waals surface area contributed by atoms with Crippen LogP contribution < -0.4 is 11.1 Å². The van der Waals surface area contributed by atoms with E-state index < -0.39 is 0 Å². The van der Waals surface area contributed by atoms with E-state index in [1.807, 2.05) is 6.92 Å². The Morgan fingerprint density at radius 2 is 2.31 bits per heavy atom. The number of amides is 1. The van der Waals surface area contributed by atoms with Gasteiger partial charge in [-0.15, -0.1) is 12.4 Å². The van der Waals surface area contributed by atoms with Gasteiger partial charge in [0, 0.05) is 7.05 Å². The highest BCUT2D eigenvalue weighted by atomic mass is 35.5. The molecule has 2 aromatic heterocycles. The first kappa shape index (κ1) is 12.5. The van der Waals surface area contributed by atoms with Crippen LogP contribution in [0.15, 0.2) is 0 Å². The summed E-state index contributed by atoms with van der Waals surface area (Å²) in [4.78, 5) is 11.1. The number of carbonyl (C=O) groups excluding carboxylic acids is 1. The Morgan fingerprint density at radius 3 is 2.94 bits per heavy atom. The topological polar surface area (TPSA) is 102 Å². The van der Waals surface area contributed by atoms with E-state index in [2.05, 4.69) is 20.6 Å². The van der Waals surface area contributed by atoms with Gasteiger partial charge in [-0.25, -0.2) is 4.68 Å². The van der Waals surface area contributed by atoms with E-state index >= 15 is 0 Å². The number of aryl methyl sites for hydroxylation is 2. The third-order valence-electron chi connectivity index (χ3n) is 2.17. The Hall–Kier alpha value is -1.60. The van der Waals surface area contributed by atoms with Crippen LogP contribution in [0.25, 0.3) is 11.0 Å². The van der Waals surface area contributed by atoms with Crippen molar-refractivity contribution < 1.29 is 4.79 Å². The van der Waals surface area contributed by atoms with E-state index in [4.69, 9.17) is 5.73 Å². The molecule has 0 aliphatic heterocycles. The fourth-order valence-electron chi connectivity index (χ4n) is 1.51. The van der Waals surface area contributed by atoms with E-state index in [-0.39, 0.29) is 24.9 Å². The molecule has 0 aromatic carbocycles. The lowest BCUT2D eigenvalue weighted by Gasteiger charge is -1.98. The van der Waals surface area contributed by atoms with Gasteiger partial charge in [0.15, 0.2) is 5.65 Å². The van der Waals surface area contributed by atoms with Crippen LogP contribution in [0.1, 0.15) is 5.69 Å². The summed E-state index contributed by atoms with van der Waals surface area (Å²) in [5, 5.41) is 14.4. The molecule has 0 unspecified atom stereocenters. The van der Waals surface area contributed by atoms with Crippen molar-refractivity contribution in [3.8, 4) is 0 Å². The monoisotopic (exact) mass is 244 g/mol. The van der Waals surface area contributed by atoms with E-state index in [0.717, 1.165) is 11.1 Å². The van der Waals surface area contributed by atoms with Crippen molar-refractivity contribution in [1.82, 2.24) is 20.0 Å². The Labute approximate surface area is 97.8 Å². The lowest BCUT2D eigenvalue weighted by atomic mass is 10.3. The standard InChI is InChI=1S/C8H12N6O.ClH/c1-4-6-7(10-5(15)3-9)11-12-8(6)14(2)13-4;/h3,9H2,1-2H3,(H2,10,11,12,15);1H. The van der Waals surface area contributed by atoms with Crippen molar-refractivity contribution >= 4 is 35.2 Å². The molecule has 0 fully saturated rings. The number of aromatic nitrogens is 4. The van der Waals surface area contributed by atoms with Crippen molar-refractivity contribution in [2.75, 3.05) is 11.9 Å². The normalized spacial score (nSPS) is 10.2. The number of fused-ring (bicyclic) bond motifs is 1. The molecule has 2 rings (SSSR count). The average molecular weight is 245 g/mol. The summed E-state index contributed by atoms with van der Waals surface area (Å²) in [5.41, 5.74) is 6.73. The van der Waals surface area contributed by atoms with E-state index in [1.54, 1.807) is 11.7 Å². The summed E-state index contributed by atoms with van der Waals surface area (Å²) in [6.07, 6.45) is 0. The van der Waals surface area contributed by atoms with Crippen LogP contribution in [0.5, 0.6) is 0 Å². The number of carbonyl (C=O) groups is 1. The van der Waals surface area contributed by atoms with Crippen molar-refractivity contribution in [3.05, 3.63) is 5.69 Å². The minimum Gasteiger partial charge on any atom is -0.322 e. The number of nitrogens with two attached hydrogens (primary N) is 1. The number of aromatic amines is 1. The molecule has 0 bridgehead atoms. The quantitative estimate of drug-likeness (QED) is 0.688. The third-order valence-corrected chi connectivity index (χ3v) is 2.17. The molecule has 0 spiro atoms. The van der Waals surface area contributed by atoms with Gasteiger partial charge < -0.3 is 11.1 Å². The molecule has 8 heteroatoms. The van der Waals surface area contributed by atoms with Gasteiger partial charge in [-0.05, 0) is 6.92 Å². The maximum absolute atomic E-state index is 11.1. The average Bonchev–Trinajstić information content (AvgIpc) is 2.71. The molecule has 0 saturated heterocycles. The highest BCUT2D eigenvalue weighted by Gasteiger charge is 2.14. The number of hydrogen-bond donors (Lipinski definition) is 3. The first-order valence-corrected chi connectivity index (χ1v) is 4.51. The lowest BCUT2D eigenvalue weighted by molar-refractivity contribution is -0.114. The smallest absolute Gasteiger partial charge is 0.239 e. The summed E-state index contributed by atoms with van der Waals surface area (Å²) in [7, 11) is 1.80. The van der Waals surface area contributed by atoms with Gasteiger partial charge in [-0.3, -0.25) is 9.89 Å². The second-order valence-electron chi connectivity index (χ2n) is 3.26. The second-order valence-corrected chi connectivity index (χ2v) is 3.26. The van der Waals surface area contributed by atoms with Gasteiger partial charge in [0.05, 0.1) is 17.6 Å². The first-order chi connectivity index (χ1) is 7.13. The maximum atomic E-state index is 11.1. The summed E-state index contributed by atoms with van der Waals surface area (Å²) in [6.45, 7) is 1.80. The van der Waals surface area contributed by atoms with Gasteiger partial charge in [0.25, 0.3) is 0 Å². The molecule has 0 saturated carbocycles. The van der Waals surface area contributed by atoms with Crippen LogP contribution in [0.3, 0.4) is 0 Å². The van der Waals surface area contributed by atoms with Crippen LogP contribution in [-0.2, 0) is 11.8 Å². The Bertz CT molecular complexity index is 516. The minimum atomic E-state index is -0.260. The molecule has 0 atom stereocenters. The van der Waals surface area contributed by atoms with Crippen LogP contribution in [0, 0.1) is 6.92 Å². The summed E-state index contributed by atoms with van der Waals surface area (Å²) in [6, 6.07) is 0. The molecule has 7 nitrogen and oxygen atoms in total. The van der Waals surface area contributed by atoms with Crippen molar-refractivity contribution in [2.24, 2.45) is 12.8 Å². The Morgan fingerprint density at radius 1 is 1.62 bits per heavy atom. The number of halogens is 1. The van der Waals surface area contributed by atoms with Crippen molar-refractivity contribution in [3.63, 3.8) is 0 Å². The molecular formula is C8H13ClN6O. The molecular weight excluding hydrogens is 232 g/mol. The number of nitrogens with one attached hydrogen (secondary N) is 2. The molecule has 2 aromatic rings. The predicted octanol–water partition coefficient (Wildman–Crippen LogP) is -0.0762. The van der Waals surface area contributed by atoms with Gasteiger partial charge in [0.2, 0.25) is 5.91 Å². The van der Waals surface area contributed by atoms with E-state index in [1.165, 1.54) is 0 Å². The maximum Gasteiger partial charge on any atom is 0.239 e. The Kier molecular flexibility index (Phi) is 3.51. The molecule has 0 aliphatic carbocycles.